The van der Waals surface area contributed by atoms with E-state index in [9.17, 15) is 19.5 Å². The number of ether oxygens (including phenoxy) is 1. The van der Waals surface area contributed by atoms with Crippen LogP contribution in [0.5, 0.6) is 0 Å². The van der Waals surface area contributed by atoms with Gasteiger partial charge in [0, 0.05) is 12.0 Å². The van der Waals surface area contributed by atoms with Crippen molar-refractivity contribution < 1.29 is 24.2 Å². The first kappa shape index (κ1) is 32.6. The van der Waals surface area contributed by atoms with E-state index < -0.39 is 23.9 Å². The minimum absolute atomic E-state index is 0. The second-order valence-electron chi connectivity index (χ2n) is 11.9. The zero-order valence-corrected chi connectivity index (χ0v) is 28.3. The fourth-order valence-corrected chi connectivity index (χ4v) is 7.22. The Balaban J connectivity index is 0.00000400. The molecule has 0 fully saturated rings. The molecule has 1 aliphatic carbocycles. The third-order valence-corrected chi connectivity index (χ3v) is 9.67. The maximum atomic E-state index is 14.0. The third kappa shape index (κ3) is 5.12. The Labute approximate surface area is 277 Å². The van der Waals surface area contributed by atoms with E-state index in [4.69, 9.17) is 25.0 Å². The Morgan fingerprint density at radius 1 is 0.867 bits per heavy atom. The summed E-state index contributed by atoms with van der Waals surface area (Å²) in [6.07, 6.45) is 7.69. The number of ketones is 1. The van der Waals surface area contributed by atoms with Crippen molar-refractivity contribution in [1.29, 1.82) is 0 Å². The van der Waals surface area contributed by atoms with Gasteiger partial charge in [0.25, 0.3) is 0 Å². The van der Waals surface area contributed by atoms with Gasteiger partial charge >= 0.3 is 35.0 Å². The van der Waals surface area contributed by atoms with E-state index >= 15 is 0 Å². The molecule has 3 atom stereocenters. The maximum absolute atomic E-state index is 14.0. The van der Waals surface area contributed by atoms with Crippen molar-refractivity contribution in [2.75, 3.05) is 7.11 Å². The summed E-state index contributed by atoms with van der Waals surface area (Å²) >= 11 is 0. The summed E-state index contributed by atoms with van der Waals surface area (Å²) in [6.45, 7) is 12.1. The summed E-state index contributed by atoms with van der Waals surface area (Å²) in [7, 11) is 1.27. The number of esters is 1. The summed E-state index contributed by atoms with van der Waals surface area (Å²) < 4.78 is 5.13. The number of fused-ring (bicyclic) bond motifs is 8. The molecule has 2 aliphatic heterocycles. The second-order valence-corrected chi connectivity index (χ2v) is 11.9. The van der Waals surface area contributed by atoms with Crippen molar-refractivity contribution in [3.63, 3.8) is 0 Å². The van der Waals surface area contributed by atoms with Gasteiger partial charge in [-0.05, 0) is 52.9 Å². The molecule has 9 nitrogen and oxygen atoms in total. The zero-order valence-electron chi connectivity index (χ0n) is 26.9. The van der Waals surface area contributed by atoms with Gasteiger partial charge in [-0.15, -0.1) is 38.5 Å². The van der Waals surface area contributed by atoms with Gasteiger partial charge < -0.3 is 30.1 Å². The molecular formula is C35H36MgN4O5-2. The maximum Gasteiger partial charge on any atom is 2.00 e. The average molecular weight is 617 g/mol. The smallest absolute Gasteiger partial charge is 0.678 e. The molecule has 3 aliphatic rings. The van der Waals surface area contributed by atoms with Crippen molar-refractivity contribution in [3.8, 4) is 0 Å². The summed E-state index contributed by atoms with van der Waals surface area (Å²) in [5.41, 5.74) is 9.11. The number of carboxylic acids is 1. The zero-order chi connectivity index (χ0) is 31.6. The number of carbonyl (C=O) groups is 3. The van der Waals surface area contributed by atoms with E-state index in [0.717, 1.165) is 62.8 Å². The molecular weight excluding hydrogens is 581 g/mol. The topological polar surface area (TPSA) is 137 Å². The number of Topliss-reactive ketones (excluding diaryl/α,β-unsaturated/α-hetero) is 1. The monoisotopic (exact) mass is 616 g/mol. The van der Waals surface area contributed by atoms with Crippen LogP contribution in [0.2, 0.25) is 0 Å². The Kier molecular flexibility index (Phi) is 8.85. The van der Waals surface area contributed by atoms with Gasteiger partial charge in [0.2, 0.25) is 0 Å². The minimum atomic E-state index is -1.19. The molecule has 0 spiro atoms. The molecule has 8 bridgehead atoms. The number of hydrogen-bond acceptors (Lipinski definition) is 4. The number of allylic oxidation sites excluding steroid dienone is 1. The van der Waals surface area contributed by atoms with Crippen LogP contribution in [0, 0.1) is 32.6 Å². The SMILES string of the molecule is CCc1c2[n-]c(c1C)/C=c1\[n-]/c(c(C)c1CC)=C\C1=C(C)[C@H](CCC(=O)O)C([N-]1)C1=c3[n-]/c(c(C)c3C(=O)[C@@H]1C(=O)OC)=C\2.[Mg+2]. The number of rotatable bonds is 6. The largest absolute Gasteiger partial charge is 2.00 e. The number of nitrogens with zero attached hydrogens (tertiary/aromatic N) is 4. The van der Waals surface area contributed by atoms with Crippen LogP contribution in [0.1, 0.15) is 83.2 Å². The molecule has 1 unspecified atom stereocenters. The Bertz CT molecular complexity index is 2040. The van der Waals surface area contributed by atoms with Gasteiger partial charge in [-0.2, -0.15) is 0 Å². The predicted molar refractivity (Wildman–Crippen MR) is 172 cm³/mol. The molecule has 0 saturated carbocycles. The molecule has 6 rings (SSSR count). The minimum Gasteiger partial charge on any atom is -0.678 e. The van der Waals surface area contributed by atoms with Gasteiger partial charge in [0.1, 0.15) is 5.92 Å². The summed E-state index contributed by atoms with van der Waals surface area (Å²) in [5, 5.41) is 17.4. The fraction of sp³-hybridized carbons (Fsp3) is 0.400. The van der Waals surface area contributed by atoms with Gasteiger partial charge in [-0.3, -0.25) is 14.4 Å². The van der Waals surface area contributed by atoms with Crippen molar-refractivity contribution in [2.45, 2.75) is 73.3 Å². The quantitative estimate of drug-likeness (QED) is 0.249. The molecule has 3 aromatic heterocycles. The molecule has 0 saturated heterocycles. The number of carboxylic acid groups (broad SMARTS) is 1. The van der Waals surface area contributed by atoms with E-state index in [-0.39, 0.29) is 47.6 Å². The number of aromatic nitrogens is 3. The first-order valence-corrected chi connectivity index (χ1v) is 15.2. The molecule has 10 heteroatoms. The van der Waals surface area contributed by atoms with E-state index in [2.05, 4.69) is 27.7 Å². The second kappa shape index (κ2) is 12.2. The number of aliphatic carboxylic acids is 1. The van der Waals surface area contributed by atoms with Crippen molar-refractivity contribution in [1.82, 2.24) is 15.0 Å². The number of hydrogen-bond donors (Lipinski definition) is 1. The van der Waals surface area contributed by atoms with Crippen LogP contribution in [-0.2, 0) is 27.2 Å². The van der Waals surface area contributed by atoms with E-state index in [1.165, 1.54) is 7.11 Å². The van der Waals surface area contributed by atoms with E-state index in [0.29, 0.717) is 33.1 Å². The summed E-state index contributed by atoms with van der Waals surface area (Å²) in [6, 6.07) is -0.658. The normalized spacial score (nSPS) is 22.1. The van der Waals surface area contributed by atoms with E-state index in [1.54, 1.807) is 0 Å². The number of methoxy groups -OCH3 is 1. The molecule has 3 aromatic rings. The van der Waals surface area contributed by atoms with Crippen LogP contribution in [0.25, 0.3) is 29.1 Å². The molecule has 45 heavy (non-hydrogen) atoms. The van der Waals surface area contributed by atoms with Crippen LogP contribution in [0.3, 0.4) is 0 Å². The van der Waals surface area contributed by atoms with Crippen molar-refractivity contribution in [2.24, 2.45) is 11.8 Å². The Morgan fingerprint density at radius 2 is 1.53 bits per heavy atom. The van der Waals surface area contributed by atoms with Crippen LogP contribution >= 0.6 is 0 Å². The Hall–Kier alpha value is -3.76. The van der Waals surface area contributed by atoms with Crippen molar-refractivity contribution >= 4 is 64.6 Å². The molecule has 0 aromatic carbocycles. The van der Waals surface area contributed by atoms with Crippen LogP contribution < -0.4 is 36.3 Å². The first-order valence-electron chi connectivity index (χ1n) is 15.2. The molecule has 230 valence electrons. The summed E-state index contributed by atoms with van der Waals surface area (Å²) in [4.78, 5) is 53.9. The van der Waals surface area contributed by atoms with Crippen LogP contribution in [0.15, 0.2) is 11.3 Å². The average Bonchev–Trinajstić information content (AvgIpc) is 3.72. The molecule has 0 amide bonds. The third-order valence-electron chi connectivity index (χ3n) is 9.67. The molecule has 1 N–H and O–H groups in total. The van der Waals surface area contributed by atoms with Gasteiger partial charge in [0.15, 0.2) is 5.78 Å². The van der Waals surface area contributed by atoms with Gasteiger partial charge in [-0.25, -0.2) is 0 Å². The van der Waals surface area contributed by atoms with E-state index in [1.807, 2.05) is 32.1 Å². The molecule has 0 radical (unpaired) electrons. The molecule has 5 heterocycles. The van der Waals surface area contributed by atoms with Crippen LogP contribution in [0.4, 0.5) is 0 Å². The standard InChI is InChI=1S/C35H38N4O5.Mg/c1-8-19-15(3)22-12-24-17(5)21(10-11-28(40)41)32(38-24)30-31(35(43)44-7)34(42)29-18(6)25(39-33(29)30)14-27-20(9-2)16(4)23(37-27)13-26(19)36-22;/h12-14,21,31-32H,8-11H2,1-7H3,(H3,36,37,40,41,42);/q-2;+2/p-2/b22-12-;/t21-,31+,32?;/m0./s1. The first-order chi connectivity index (χ1) is 21.0. The fourth-order valence-electron chi connectivity index (χ4n) is 7.22. The number of carbonyl (C=O) groups excluding carboxylic acids is 2. The van der Waals surface area contributed by atoms with Crippen molar-refractivity contribution in [3.05, 3.63) is 82.8 Å². The van der Waals surface area contributed by atoms with Gasteiger partial charge in [0.05, 0.1) is 7.11 Å². The van der Waals surface area contributed by atoms with Crippen LogP contribution in [-0.4, -0.2) is 59.0 Å². The predicted octanol–water partition coefficient (Wildman–Crippen LogP) is 1.33. The Morgan fingerprint density at radius 3 is 2.18 bits per heavy atom. The summed E-state index contributed by atoms with van der Waals surface area (Å²) in [5.74, 6) is -3.50. The van der Waals surface area contributed by atoms with Gasteiger partial charge in [-0.1, -0.05) is 77.1 Å².